The molecule has 1 unspecified atom stereocenters. The lowest BCUT2D eigenvalue weighted by molar-refractivity contribution is -0.137. The molecule has 0 saturated carbocycles. The van der Waals surface area contributed by atoms with Crippen molar-refractivity contribution in [3.05, 3.63) is 35.4 Å². The van der Waals surface area contributed by atoms with Crippen LogP contribution in [0.5, 0.6) is 0 Å². The van der Waals surface area contributed by atoms with Crippen LogP contribution >= 0.6 is 0 Å². The predicted molar refractivity (Wildman–Crippen MR) is 42.1 cm³/mol. The maximum Gasteiger partial charge on any atom is 0.416 e. The third-order valence-electron chi connectivity index (χ3n) is 1.63. The van der Waals surface area contributed by atoms with E-state index in [4.69, 9.17) is 6.48 Å². The van der Waals surface area contributed by atoms with Crippen molar-refractivity contribution in [1.82, 2.24) is 0 Å². The van der Waals surface area contributed by atoms with E-state index in [0.29, 0.717) is 0 Å². The minimum atomic E-state index is -4.38. The number of hydrogen-bond acceptors (Lipinski definition) is 1. The van der Waals surface area contributed by atoms with Crippen LogP contribution in [0.3, 0.4) is 0 Å². The predicted octanol–water partition coefficient (Wildman–Crippen LogP) is 2.76. The summed E-state index contributed by atoms with van der Waals surface area (Å²) in [4.78, 5) is 0. The fourth-order valence-electron chi connectivity index (χ4n) is 0.900. The second-order valence-corrected chi connectivity index (χ2v) is 2.66. The highest BCUT2D eigenvalue weighted by Crippen LogP contribution is 2.29. The van der Waals surface area contributed by atoms with Crippen molar-refractivity contribution < 1.29 is 19.6 Å². The molecule has 0 amide bonds. The molecule has 1 nitrogen and oxygen atoms in total. The van der Waals surface area contributed by atoms with E-state index < -0.39 is 17.8 Å². The fourth-order valence-corrected chi connectivity index (χ4v) is 0.900. The van der Waals surface area contributed by atoms with E-state index >= 15 is 0 Å². The van der Waals surface area contributed by atoms with E-state index in [1.54, 1.807) is 0 Å². The molecule has 0 spiro atoms. The molecule has 0 bridgehead atoms. The molecular formula is C9H9F3O. The summed E-state index contributed by atoms with van der Waals surface area (Å²) in [6, 6.07) is 3.88. The SMILES string of the molecule is [2H]C(C)(O)c1ccc(C(F)(F)F)cc1. The Morgan fingerprint density at radius 2 is 1.77 bits per heavy atom. The molecule has 1 aromatic rings. The molecule has 13 heavy (non-hydrogen) atoms. The van der Waals surface area contributed by atoms with Gasteiger partial charge in [0.1, 0.15) is 0 Å². The Morgan fingerprint density at radius 1 is 1.31 bits per heavy atom. The molecule has 0 aliphatic carbocycles. The Labute approximate surface area is 75.2 Å². The first kappa shape index (κ1) is 8.56. The minimum absolute atomic E-state index is 0.130. The molecule has 0 fully saturated rings. The zero-order valence-electron chi connectivity index (χ0n) is 7.89. The number of hydrogen-bond donors (Lipinski definition) is 1. The van der Waals surface area contributed by atoms with E-state index in [0.717, 1.165) is 24.3 Å². The lowest BCUT2D eigenvalue weighted by Crippen LogP contribution is -2.04. The Balaban J connectivity index is 3.02. The van der Waals surface area contributed by atoms with Gasteiger partial charge in [-0.25, -0.2) is 0 Å². The summed E-state index contributed by atoms with van der Waals surface area (Å²) in [5, 5.41) is 9.17. The van der Waals surface area contributed by atoms with Gasteiger partial charge in [0, 0.05) is 0 Å². The van der Waals surface area contributed by atoms with Gasteiger partial charge in [0.25, 0.3) is 0 Å². The highest BCUT2D eigenvalue weighted by Gasteiger charge is 2.29. The maximum atomic E-state index is 12.1. The van der Waals surface area contributed by atoms with Crippen LogP contribution in [-0.2, 0) is 6.18 Å². The van der Waals surface area contributed by atoms with Crippen molar-refractivity contribution in [2.45, 2.75) is 19.2 Å². The van der Waals surface area contributed by atoms with Gasteiger partial charge >= 0.3 is 6.18 Å². The maximum absolute atomic E-state index is 12.1. The Morgan fingerprint density at radius 3 is 2.08 bits per heavy atom. The van der Waals surface area contributed by atoms with Gasteiger partial charge in [0.2, 0.25) is 0 Å². The summed E-state index contributed by atoms with van der Waals surface area (Å²) in [6.07, 6.45) is -6.24. The van der Waals surface area contributed by atoms with Crippen molar-refractivity contribution in [2.24, 2.45) is 0 Å². The van der Waals surface area contributed by atoms with E-state index in [1.807, 2.05) is 0 Å². The minimum Gasteiger partial charge on any atom is -0.389 e. The highest BCUT2D eigenvalue weighted by molar-refractivity contribution is 5.25. The number of rotatable bonds is 1. The Kier molecular flexibility index (Phi) is 2.22. The molecule has 0 aromatic heterocycles. The van der Waals surface area contributed by atoms with Gasteiger partial charge in [0.05, 0.1) is 13.0 Å². The zero-order chi connectivity index (χ0) is 11.0. The van der Waals surface area contributed by atoms with Crippen LogP contribution in [-0.4, -0.2) is 5.11 Å². The van der Waals surface area contributed by atoms with Crippen molar-refractivity contribution in [1.29, 1.82) is 0 Å². The van der Waals surface area contributed by atoms with Gasteiger partial charge in [-0.2, -0.15) is 13.2 Å². The summed E-state index contributed by atoms with van der Waals surface area (Å²) in [7, 11) is 0. The van der Waals surface area contributed by atoms with Crippen LogP contribution in [0.25, 0.3) is 0 Å². The molecule has 4 heteroatoms. The first-order valence-electron chi connectivity index (χ1n) is 4.11. The van der Waals surface area contributed by atoms with Crippen LogP contribution in [0.4, 0.5) is 13.2 Å². The molecule has 1 N–H and O–H groups in total. The molecular weight excluding hydrogens is 181 g/mol. The molecule has 0 radical (unpaired) electrons. The van der Waals surface area contributed by atoms with Crippen LogP contribution in [0, 0.1) is 0 Å². The summed E-state index contributed by atoms with van der Waals surface area (Å²) >= 11 is 0. The lowest BCUT2D eigenvalue weighted by Gasteiger charge is -2.08. The topological polar surface area (TPSA) is 20.2 Å². The third-order valence-corrected chi connectivity index (χ3v) is 1.63. The number of halogens is 3. The fraction of sp³-hybridized carbons (Fsp3) is 0.333. The average Bonchev–Trinajstić information content (AvgIpc) is 2.01. The normalized spacial score (nSPS) is 17.8. The van der Waals surface area contributed by atoms with Gasteiger partial charge in [-0.05, 0) is 24.6 Å². The smallest absolute Gasteiger partial charge is 0.389 e. The van der Waals surface area contributed by atoms with E-state index in [2.05, 4.69) is 0 Å². The standard InChI is InChI=1S/C9H9F3O/c1-6(13)7-2-4-8(5-3-7)9(10,11)12/h2-6,13H,1H3/i6D. The third kappa shape index (κ3) is 2.45. The van der Waals surface area contributed by atoms with Crippen LogP contribution in [0.1, 0.15) is 25.5 Å². The van der Waals surface area contributed by atoms with E-state index in [9.17, 15) is 13.2 Å². The quantitative estimate of drug-likeness (QED) is 0.723. The molecule has 1 atom stereocenters. The molecule has 1 rings (SSSR count). The Hall–Kier alpha value is -1.03. The summed E-state index contributed by atoms with van der Waals surface area (Å²) < 4.78 is 43.5. The van der Waals surface area contributed by atoms with Crippen molar-refractivity contribution in [3.63, 3.8) is 0 Å². The van der Waals surface area contributed by atoms with Gasteiger partial charge in [-0.15, -0.1) is 0 Å². The molecule has 72 valence electrons. The van der Waals surface area contributed by atoms with Gasteiger partial charge in [0.15, 0.2) is 0 Å². The Bertz CT molecular complexity index is 277. The van der Waals surface area contributed by atoms with Gasteiger partial charge in [-0.1, -0.05) is 12.1 Å². The van der Waals surface area contributed by atoms with E-state index in [-0.39, 0.29) is 5.56 Å². The van der Waals surface area contributed by atoms with Crippen molar-refractivity contribution >= 4 is 0 Å². The second kappa shape index (κ2) is 3.38. The van der Waals surface area contributed by atoms with Crippen LogP contribution < -0.4 is 0 Å². The number of benzene rings is 1. The lowest BCUT2D eigenvalue weighted by atomic mass is 10.1. The zero-order valence-corrected chi connectivity index (χ0v) is 6.89. The van der Waals surface area contributed by atoms with Gasteiger partial charge in [-0.3, -0.25) is 0 Å². The summed E-state index contributed by atoms with van der Waals surface area (Å²) in [5.41, 5.74) is -0.656. The molecule has 0 aliphatic rings. The molecule has 1 aromatic carbocycles. The monoisotopic (exact) mass is 191 g/mol. The average molecular weight is 191 g/mol. The summed E-state index contributed by atoms with van der Waals surface area (Å²) in [5.74, 6) is 0. The number of aliphatic hydroxyl groups is 1. The van der Waals surface area contributed by atoms with Gasteiger partial charge < -0.3 is 5.11 Å². The molecule has 0 aliphatic heterocycles. The highest BCUT2D eigenvalue weighted by atomic mass is 19.4. The first-order valence-corrected chi connectivity index (χ1v) is 3.61. The molecule has 0 saturated heterocycles. The van der Waals surface area contributed by atoms with Crippen molar-refractivity contribution in [2.75, 3.05) is 0 Å². The molecule has 0 heterocycles. The summed E-state index contributed by atoms with van der Waals surface area (Å²) in [6.45, 7) is 1.19. The van der Waals surface area contributed by atoms with Crippen molar-refractivity contribution in [3.8, 4) is 0 Å². The largest absolute Gasteiger partial charge is 0.416 e. The number of alkyl halides is 3. The van der Waals surface area contributed by atoms with Crippen LogP contribution in [0.2, 0.25) is 0 Å². The first-order chi connectivity index (χ1) is 6.21. The van der Waals surface area contributed by atoms with E-state index in [1.165, 1.54) is 6.92 Å². The van der Waals surface area contributed by atoms with Crippen LogP contribution in [0.15, 0.2) is 24.3 Å². The second-order valence-electron chi connectivity index (χ2n) is 2.66.